The lowest BCUT2D eigenvalue weighted by molar-refractivity contribution is 0.0946. The number of amides is 1. The third kappa shape index (κ3) is 4.20. The van der Waals surface area contributed by atoms with Gasteiger partial charge in [-0.25, -0.2) is 0 Å². The van der Waals surface area contributed by atoms with Crippen molar-refractivity contribution in [2.24, 2.45) is 0 Å². The first kappa shape index (κ1) is 18.9. The molecule has 2 heterocycles. The monoisotopic (exact) mass is 407 g/mol. The van der Waals surface area contributed by atoms with E-state index in [9.17, 15) is 4.79 Å². The molecule has 8 heteroatoms. The molecule has 2 aromatic carbocycles. The zero-order valence-corrected chi connectivity index (χ0v) is 16.4. The summed E-state index contributed by atoms with van der Waals surface area (Å²) in [6.07, 6.45) is 0. The Kier molecular flexibility index (Phi) is 5.39. The Bertz CT molecular complexity index is 1170. The lowest BCUT2D eigenvalue weighted by Gasteiger charge is -2.08. The van der Waals surface area contributed by atoms with Gasteiger partial charge in [0.15, 0.2) is 11.5 Å². The predicted molar refractivity (Wildman–Crippen MR) is 110 cm³/mol. The van der Waals surface area contributed by atoms with Gasteiger partial charge in [-0.1, -0.05) is 41.4 Å². The summed E-state index contributed by atoms with van der Waals surface area (Å²) in [6.45, 7) is 2.58. The first-order valence-corrected chi connectivity index (χ1v) is 9.44. The van der Waals surface area contributed by atoms with E-state index in [1.807, 2.05) is 43.3 Å². The fourth-order valence-electron chi connectivity index (χ4n) is 2.87. The van der Waals surface area contributed by atoms with E-state index in [1.165, 1.54) is 0 Å². The van der Waals surface area contributed by atoms with Gasteiger partial charge in [0.05, 0.1) is 11.6 Å². The highest BCUT2D eigenvalue weighted by Crippen LogP contribution is 2.26. The smallest absolute Gasteiger partial charge is 0.251 e. The Labute approximate surface area is 172 Å². The summed E-state index contributed by atoms with van der Waals surface area (Å²) < 4.78 is 7.26. The molecule has 0 bridgehead atoms. The normalized spacial score (nSPS) is 10.8. The Balaban J connectivity index is 1.42. The molecule has 1 amide bonds. The van der Waals surface area contributed by atoms with E-state index in [0.29, 0.717) is 34.5 Å². The lowest BCUT2D eigenvalue weighted by atomic mass is 10.1. The van der Waals surface area contributed by atoms with Crippen LogP contribution >= 0.6 is 11.6 Å². The highest BCUT2D eigenvalue weighted by atomic mass is 35.5. The summed E-state index contributed by atoms with van der Waals surface area (Å²) in [5, 5.41) is 16.1. The quantitative estimate of drug-likeness (QED) is 0.494. The van der Waals surface area contributed by atoms with Gasteiger partial charge >= 0.3 is 0 Å². The summed E-state index contributed by atoms with van der Waals surface area (Å²) in [5.41, 5.74) is 2.98. The van der Waals surface area contributed by atoms with E-state index in [4.69, 9.17) is 16.3 Å². The number of hydrogen-bond donors (Lipinski definition) is 1. The van der Waals surface area contributed by atoms with Crippen molar-refractivity contribution in [2.75, 3.05) is 13.2 Å². The van der Waals surface area contributed by atoms with Crippen LogP contribution < -0.4 is 10.1 Å². The van der Waals surface area contributed by atoms with Crippen LogP contribution in [0.3, 0.4) is 0 Å². The molecule has 0 radical (unpaired) electrons. The number of fused-ring (bicyclic) bond motifs is 1. The maximum atomic E-state index is 12.2. The minimum Gasteiger partial charge on any atom is -0.475 e. The number of aromatic nitrogens is 4. The van der Waals surface area contributed by atoms with Crippen molar-refractivity contribution < 1.29 is 9.53 Å². The van der Waals surface area contributed by atoms with Gasteiger partial charge in [0.2, 0.25) is 5.88 Å². The molecule has 0 aliphatic rings. The highest BCUT2D eigenvalue weighted by molar-refractivity contribution is 6.33. The van der Waals surface area contributed by atoms with E-state index >= 15 is 0 Å². The fraction of sp³-hybridized carbons (Fsp3) is 0.143. The molecule has 146 valence electrons. The van der Waals surface area contributed by atoms with E-state index in [-0.39, 0.29) is 12.5 Å². The predicted octanol–water partition coefficient (Wildman–Crippen LogP) is 3.56. The van der Waals surface area contributed by atoms with Crippen molar-refractivity contribution in [3.05, 3.63) is 76.8 Å². The summed E-state index contributed by atoms with van der Waals surface area (Å²) >= 11 is 6.27. The molecule has 4 rings (SSSR count). The number of nitrogens with zero attached hydrogens (tertiary/aromatic N) is 4. The number of carbonyl (C=O) groups excluding carboxylic acids is 1. The maximum Gasteiger partial charge on any atom is 0.251 e. The van der Waals surface area contributed by atoms with E-state index in [1.54, 1.807) is 28.8 Å². The fourth-order valence-corrected chi connectivity index (χ4v) is 3.09. The molecular weight excluding hydrogens is 390 g/mol. The number of aryl methyl sites for hydroxylation is 1. The second-order valence-corrected chi connectivity index (χ2v) is 6.83. The molecule has 0 unspecified atom stereocenters. The van der Waals surface area contributed by atoms with Crippen LogP contribution in [0.25, 0.3) is 17.0 Å². The zero-order valence-electron chi connectivity index (χ0n) is 15.7. The molecule has 4 aromatic rings. The zero-order chi connectivity index (χ0) is 20.2. The average molecular weight is 408 g/mol. The summed E-state index contributed by atoms with van der Waals surface area (Å²) in [6, 6.07) is 18.3. The largest absolute Gasteiger partial charge is 0.475 e. The van der Waals surface area contributed by atoms with Gasteiger partial charge in [0, 0.05) is 17.2 Å². The van der Waals surface area contributed by atoms with Crippen molar-refractivity contribution in [3.8, 4) is 17.3 Å². The van der Waals surface area contributed by atoms with E-state index in [0.717, 1.165) is 11.1 Å². The molecule has 0 saturated carbocycles. The summed E-state index contributed by atoms with van der Waals surface area (Å²) in [4.78, 5) is 12.2. The number of hydrogen-bond acceptors (Lipinski definition) is 5. The number of rotatable bonds is 6. The van der Waals surface area contributed by atoms with Gasteiger partial charge in [-0.15, -0.1) is 15.3 Å². The van der Waals surface area contributed by atoms with Crippen molar-refractivity contribution in [3.63, 3.8) is 0 Å². The Hall–Kier alpha value is -3.45. The second kappa shape index (κ2) is 8.28. The summed E-state index contributed by atoms with van der Waals surface area (Å²) in [5.74, 6) is 0.791. The second-order valence-electron chi connectivity index (χ2n) is 6.42. The Morgan fingerprint density at radius 3 is 2.79 bits per heavy atom. The minimum atomic E-state index is -0.138. The molecule has 0 saturated heterocycles. The first-order chi connectivity index (χ1) is 14.1. The first-order valence-electron chi connectivity index (χ1n) is 9.07. The number of carbonyl (C=O) groups is 1. The number of benzene rings is 2. The third-order valence-electron chi connectivity index (χ3n) is 4.27. The standard InChI is InChI=1S/C21H18ClN5O2/c1-14-5-4-6-15(13-14)21(28)23-11-12-29-19-10-9-18-24-25-20(27(18)26-19)16-7-2-3-8-17(16)22/h2-10,13H,11-12H2,1H3,(H,23,28). The molecule has 1 N–H and O–H groups in total. The van der Waals surface area contributed by atoms with Crippen molar-refractivity contribution in [1.29, 1.82) is 0 Å². The van der Waals surface area contributed by atoms with Crippen LogP contribution in [0, 0.1) is 6.92 Å². The third-order valence-corrected chi connectivity index (χ3v) is 4.60. The van der Waals surface area contributed by atoms with Gasteiger partial charge in [0.1, 0.15) is 6.61 Å². The lowest BCUT2D eigenvalue weighted by Crippen LogP contribution is -2.28. The number of ether oxygens (including phenoxy) is 1. The maximum absolute atomic E-state index is 12.2. The van der Waals surface area contributed by atoms with E-state index < -0.39 is 0 Å². The van der Waals surface area contributed by atoms with Crippen LogP contribution in [-0.2, 0) is 0 Å². The summed E-state index contributed by atoms with van der Waals surface area (Å²) in [7, 11) is 0. The molecule has 2 aromatic heterocycles. The van der Waals surface area contributed by atoms with Crippen molar-refractivity contribution in [1.82, 2.24) is 25.1 Å². The van der Waals surface area contributed by atoms with Crippen LogP contribution in [0.1, 0.15) is 15.9 Å². The molecular formula is C21H18ClN5O2. The van der Waals surface area contributed by atoms with Crippen LogP contribution in [0.15, 0.2) is 60.7 Å². The van der Waals surface area contributed by atoms with Crippen LogP contribution in [0.2, 0.25) is 5.02 Å². The van der Waals surface area contributed by atoms with Crippen LogP contribution in [0.5, 0.6) is 5.88 Å². The topological polar surface area (TPSA) is 81.4 Å². The van der Waals surface area contributed by atoms with Gasteiger partial charge < -0.3 is 10.1 Å². The minimum absolute atomic E-state index is 0.138. The van der Waals surface area contributed by atoms with Crippen LogP contribution in [0.4, 0.5) is 0 Å². The molecule has 0 atom stereocenters. The Morgan fingerprint density at radius 1 is 1.10 bits per heavy atom. The van der Waals surface area contributed by atoms with E-state index in [2.05, 4.69) is 20.6 Å². The molecule has 29 heavy (non-hydrogen) atoms. The average Bonchev–Trinajstić information content (AvgIpc) is 3.14. The van der Waals surface area contributed by atoms with Crippen LogP contribution in [-0.4, -0.2) is 38.9 Å². The molecule has 0 fully saturated rings. The Morgan fingerprint density at radius 2 is 1.97 bits per heavy atom. The number of nitrogens with one attached hydrogen (secondary N) is 1. The molecule has 0 spiro atoms. The SMILES string of the molecule is Cc1cccc(C(=O)NCCOc2ccc3nnc(-c4ccccc4Cl)n3n2)c1. The van der Waals surface area contributed by atoms with Gasteiger partial charge in [-0.2, -0.15) is 4.52 Å². The molecule has 0 aliphatic heterocycles. The van der Waals surface area contributed by atoms with Crippen molar-refractivity contribution >= 4 is 23.2 Å². The molecule has 7 nitrogen and oxygen atoms in total. The number of halogens is 1. The van der Waals surface area contributed by atoms with Crippen molar-refractivity contribution in [2.45, 2.75) is 6.92 Å². The molecule has 0 aliphatic carbocycles. The van der Waals surface area contributed by atoms with Gasteiger partial charge in [-0.3, -0.25) is 4.79 Å². The van der Waals surface area contributed by atoms with Gasteiger partial charge in [0.25, 0.3) is 5.91 Å². The van der Waals surface area contributed by atoms with Gasteiger partial charge in [-0.05, 0) is 37.3 Å². The highest BCUT2D eigenvalue weighted by Gasteiger charge is 2.13.